The number of alkyl halides is 3. The fraction of sp³-hybridized carbons (Fsp3) is 0.185. The van der Waals surface area contributed by atoms with Gasteiger partial charge in [0.25, 0.3) is 5.91 Å². The number of H-pyrrole nitrogens is 2. The molecule has 3 heterocycles. The SMILES string of the molecule is O=C(Nc1ccc2cn[nH]c2c1)c1cc2[nH]c(Nc3ccccc3C(F)(F)F)nc2cc1N1CCN(C(=O)[O-])CC1. The minimum absolute atomic E-state index is 0.0617. The minimum Gasteiger partial charge on any atom is -0.530 e. The van der Waals surface area contributed by atoms with Gasteiger partial charge in [0.15, 0.2) is 0 Å². The van der Waals surface area contributed by atoms with Gasteiger partial charge in [-0.1, -0.05) is 12.1 Å². The predicted molar refractivity (Wildman–Crippen MR) is 144 cm³/mol. The molecule has 5 aromatic rings. The molecular weight excluding hydrogens is 541 g/mol. The Morgan fingerprint density at radius 3 is 2.51 bits per heavy atom. The van der Waals surface area contributed by atoms with E-state index in [0.717, 1.165) is 17.0 Å². The number of hydrogen-bond donors (Lipinski definition) is 4. The molecule has 41 heavy (non-hydrogen) atoms. The summed E-state index contributed by atoms with van der Waals surface area (Å²) in [6, 6.07) is 13.6. The maximum atomic E-state index is 13.6. The lowest BCUT2D eigenvalue weighted by molar-refractivity contribution is -0.265. The smallest absolute Gasteiger partial charge is 0.418 e. The van der Waals surface area contributed by atoms with Crippen LogP contribution in [0.15, 0.2) is 60.8 Å². The van der Waals surface area contributed by atoms with E-state index in [-0.39, 0.29) is 30.3 Å². The highest BCUT2D eigenvalue weighted by atomic mass is 19.4. The molecule has 14 heteroatoms. The number of piperazine rings is 1. The summed E-state index contributed by atoms with van der Waals surface area (Å²) < 4.78 is 40.5. The van der Waals surface area contributed by atoms with Crippen molar-refractivity contribution in [2.24, 2.45) is 0 Å². The molecule has 1 aliphatic heterocycles. The third-order valence-electron chi connectivity index (χ3n) is 6.91. The van der Waals surface area contributed by atoms with Crippen molar-refractivity contribution in [2.75, 3.05) is 41.7 Å². The van der Waals surface area contributed by atoms with Crippen molar-refractivity contribution in [3.8, 4) is 0 Å². The van der Waals surface area contributed by atoms with Crippen molar-refractivity contribution in [3.05, 3.63) is 71.9 Å². The molecule has 3 aromatic carbocycles. The molecule has 0 radical (unpaired) electrons. The summed E-state index contributed by atoms with van der Waals surface area (Å²) in [6.07, 6.45) is -4.17. The average molecular weight is 564 g/mol. The summed E-state index contributed by atoms with van der Waals surface area (Å²) in [7, 11) is 0. The van der Waals surface area contributed by atoms with Crippen LogP contribution in [0.4, 0.5) is 41.0 Å². The number of amides is 2. The number of aromatic nitrogens is 4. The minimum atomic E-state index is -4.57. The summed E-state index contributed by atoms with van der Waals surface area (Å²) in [5.74, 6) is -0.374. The van der Waals surface area contributed by atoms with Gasteiger partial charge in [-0.3, -0.25) is 9.89 Å². The normalized spacial score (nSPS) is 14.0. The predicted octanol–water partition coefficient (Wildman–Crippen LogP) is 3.92. The molecule has 0 saturated carbocycles. The average Bonchev–Trinajstić information content (AvgIpc) is 3.57. The monoisotopic (exact) mass is 563 g/mol. The van der Waals surface area contributed by atoms with Crippen LogP contribution >= 0.6 is 0 Å². The number of anilines is 4. The molecule has 0 bridgehead atoms. The Bertz CT molecular complexity index is 1770. The van der Waals surface area contributed by atoms with Crippen LogP contribution in [-0.4, -0.2) is 63.2 Å². The Labute approximate surface area is 230 Å². The highest BCUT2D eigenvalue weighted by molar-refractivity contribution is 6.11. The van der Waals surface area contributed by atoms with Gasteiger partial charge in [-0.2, -0.15) is 18.3 Å². The molecule has 210 valence electrons. The standard InChI is InChI=1S/C27H23F3N8O3/c28-27(29,30)18-3-1-2-4-19(18)33-25-34-21-12-17(24(39)32-16-6-5-15-14-31-36-20(15)11-16)23(13-22(21)35-25)37-7-9-38(10-8-37)26(40)41/h1-6,11-14H,7-10H2,(H,31,36)(H,32,39)(H,40,41)(H2,33,34,35)/p-1. The first kappa shape index (κ1) is 26.0. The molecule has 0 spiro atoms. The molecule has 2 amide bonds. The first-order valence-electron chi connectivity index (χ1n) is 12.6. The summed E-state index contributed by atoms with van der Waals surface area (Å²) in [6.45, 7) is 0.960. The Balaban J connectivity index is 1.36. The Hall–Kier alpha value is -5.27. The van der Waals surface area contributed by atoms with E-state index in [4.69, 9.17) is 0 Å². The van der Waals surface area contributed by atoms with Gasteiger partial charge >= 0.3 is 6.18 Å². The number of carboxylic acid groups (broad SMARTS) is 1. The summed E-state index contributed by atoms with van der Waals surface area (Å²) in [4.78, 5) is 35.3. The molecule has 0 unspecified atom stereocenters. The van der Waals surface area contributed by atoms with Crippen LogP contribution in [0.3, 0.4) is 0 Å². The fourth-order valence-corrected chi connectivity index (χ4v) is 4.86. The van der Waals surface area contributed by atoms with E-state index >= 15 is 0 Å². The Morgan fingerprint density at radius 2 is 1.76 bits per heavy atom. The molecule has 1 aliphatic rings. The molecule has 11 nitrogen and oxygen atoms in total. The molecule has 0 aliphatic carbocycles. The van der Waals surface area contributed by atoms with Gasteiger partial charge in [-0.05, 0) is 42.5 Å². The van der Waals surface area contributed by atoms with Gasteiger partial charge in [0, 0.05) is 37.3 Å². The first-order valence-corrected chi connectivity index (χ1v) is 12.6. The molecular formula is C27H22F3N8O3-. The van der Waals surface area contributed by atoms with E-state index in [0.29, 0.717) is 35.5 Å². The second-order valence-electron chi connectivity index (χ2n) is 9.51. The second kappa shape index (κ2) is 10.0. The zero-order valence-corrected chi connectivity index (χ0v) is 21.2. The topological polar surface area (TPSA) is 145 Å². The molecule has 2 aromatic heterocycles. The lowest BCUT2D eigenvalue weighted by atomic mass is 10.1. The number of carbonyl (C=O) groups excluding carboxylic acids is 2. The van der Waals surface area contributed by atoms with Gasteiger partial charge in [-0.25, -0.2) is 4.98 Å². The molecule has 1 saturated heterocycles. The fourth-order valence-electron chi connectivity index (χ4n) is 4.86. The molecule has 1 fully saturated rings. The van der Waals surface area contributed by atoms with Crippen molar-refractivity contribution in [1.82, 2.24) is 25.1 Å². The number of carbonyl (C=O) groups is 2. The van der Waals surface area contributed by atoms with E-state index in [1.807, 2.05) is 11.0 Å². The zero-order chi connectivity index (χ0) is 28.7. The van der Waals surface area contributed by atoms with Crippen molar-refractivity contribution >= 4 is 56.9 Å². The van der Waals surface area contributed by atoms with Gasteiger partial charge in [0.1, 0.15) is 6.09 Å². The number of para-hydroxylation sites is 1. The molecule has 0 atom stereocenters. The maximum Gasteiger partial charge on any atom is 0.418 e. The van der Waals surface area contributed by atoms with Gasteiger partial charge in [0.2, 0.25) is 5.95 Å². The van der Waals surface area contributed by atoms with Crippen LogP contribution in [0.1, 0.15) is 15.9 Å². The van der Waals surface area contributed by atoms with Crippen LogP contribution in [0, 0.1) is 0 Å². The number of nitrogens with one attached hydrogen (secondary N) is 4. The van der Waals surface area contributed by atoms with Crippen LogP contribution in [0.5, 0.6) is 0 Å². The second-order valence-corrected chi connectivity index (χ2v) is 9.51. The van der Waals surface area contributed by atoms with E-state index < -0.39 is 23.7 Å². The Morgan fingerprint density at radius 1 is 0.976 bits per heavy atom. The quantitative estimate of drug-likeness (QED) is 0.254. The third kappa shape index (κ3) is 5.18. The number of rotatable bonds is 5. The zero-order valence-electron chi connectivity index (χ0n) is 21.2. The third-order valence-corrected chi connectivity index (χ3v) is 6.91. The number of benzene rings is 3. The van der Waals surface area contributed by atoms with E-state index in [2.05, 4.69) is 30.8 Å². The van der Waals surface area contributed by atoms with E-state index in [9.17, 15) is 27.9 Å². The number of halogens is 3. The summed E-state index contributed by atoms with van der Waals surface area (Å²) in [5.41, 5.74) is 1.84. The van der Waals surface area contributed by atoms with Gasteiger partial charge < -0.3 is 35.3 Å². The van der Waals surface area contributed by atoms with Gasteiger partial charge in [-0.15, -0.1) is 0 Å². The largest absolute Gasteiger partial charge is 0.530 e. The number of nitrogens with zero attached hydrogens (tertiary/aromatic N) is 4. The maximum absolute atomic E-state index is 13.6. The van der Waals surface area contributed by atoms with E-state index in [1.165, 1.54) is 23.1 Å². The Kier molecular flexibility index (Phi) is 6.36. The highest BCUT2D eigenvalue weighted by Crippen LogP contribution is 2.36. The van der Waals surface area contributed by atoms with Gasteiger partial charge in [0.05, 0.1) is 45.2 Å². The summed E-state index contributed by atoms with van der Waals surface area (Å²) in [5, 5.41) is 24.6. The first-order chi connectivity index (χ1) is 19.7. The van der Waals surface area contributed by atoms with Crippen LogP contribution in [0.2, 0.25) is 0 Å². The van der Waals surface area contributed by atoms with Crippen LogP contribution in [0.25, 0.3) is 21.9 Å². The van der Waals surface area contributed by atoms with Crippen molar-refractivity contribution < 1.29 is 27.9 Å². The number of hydrogen-bond acceptors (Lipinski definition) is 7. The lowest BCUT2D eigenvalue weighted by Crippen LogP contribution is -2.53. The van der Waals surface area contributed by atoms with Crippen molar-refractivity contribution in [2.45, 2.75) is 6.18 Å². The van der Waals surface area contributed by atoms with Crippen LogP contribution < -0.4 is 20.6 Å². The molecule has 4 N–H and O–H groups in total. The number of imidazole rings is 1. The van der Waals surface area contributed by atoms with E-state index in [1.54, 1.807) is 30.5 Å². The molecule has 6 rings (SSSR count). The number of aromatic amines is 2. The lowest BCUT2D eigenvalue weighted by Gasteiger charge is -2.38. The van der Waals surface area contributed by atoms with Crippen LogP contribution in [-0.2, 0) is 6.18 Å². The number of fused-ring (bicyclic) bond motifs is 2. The van der Waals surface area contributed by atoms with Crippen molar-refractivity contribution in [3.63, 3.8) is 0 Å². The summed E-state index contributed by atoms with van der Waals surface area (Å²) >= 11 is 0. The van der Waals surface area contributed by atoms with Crippen molar-refractivity contribution in [1.29, 1.82) is 0 Å². The highest BCUT2D eigenvalue weighted by Gasteiger charge is 2.33.